The molecule has 0 saturated heterocycles. The second kappa shape index (κ2) is 7.98. The summed E-state index contributed by atoms with van der Waals surface area (Å²) in [4.78, 5) is 23.6. The van der Waals surface area contributed by atoms with E-state index in [1.807, 2.05) is 61.5 Å². The van der Waals surface area contributed by atoms with E-state index in [1.54, 1.807) is 0 Å². The van der Waals surface area contributed by atoms with Crippen LogP contribution in [-0.2, 0) is 16.0 Å². The normalized spacial score (nSPS) is 10.0. The SMILES string of the molecule is Cc1ccccc1NC(=O)CC(=O)NCCc1ccccc1. The van der Waals surface area contributed by atoms with Gasteiger partial charge in [0, 0.05) is 12.2 Å². The Balaban J connectivity index is 1.72. The van der Waals surface area contributed by atoms with Crippen LogP contribution in [0.25, 0.3) is 0 Å². The molecule has 0 bridgehead atoms. The van der Waals surface area contributed by atoms with Crippen LogP contribution in [0.5, 0.6) is 0 Å². The predicted octanol–water partition coefficient (Wildman–Crippen LogP) is 2.68. The molecule has 0 heterocycles. The van der Waals surface area contributed by atoms with Crippen LogP contribution in [0.2, 0.25) is 0 Å². The average molecular weight is 296 g/mol. The van der Waals surface area contributed by atoms with Gasteiger partial charge in [-0.15, -0.1) is 0 Å². The summed E-state index contributed by atoms with van der Waals surface area (Å²) < 4.78 is 0. The molecule has 114 valence electrons. The molecule has 2 N–H and O–H groups in total. The zero-order valence-corrected chi connectivity index (χ0v) is 12.6. The van der Waals surface area contributed by atoms with Crippen LogP contribution in [-0.4, -0.2) is 18.4 Å². The lowest BCUT2D eigenvalue weighted by molar-refractivity contribution is -0.126. The Hall–Kier alpha value is -2.62. The fourth-order valence-corrected chi connectivity index (χ4v) is 2.11. The Morgan fingerprint density at radius 1 is 0.909 bits per heavy atom. The van der Waals surface area contributed by atoms with E-state index in [0.29, 0.717) is 6.54 Å². The van der Waals surface area contributed by atoms with E-state index in [1.165, 1.54) is 0 Å². The first kappa shape index (κ1) is 15.8. The first-order valence-electron chi connectivity index (χ1n) is 7.31. The Morgan fingerprint density at radius 3 is 2.32 bits per heavy atom. The van der Waals surface area contributed by atoms with Gasteiger partial charge in [0.2, 0.25) is 11.8 Å². The quantitative estimate of drug-likeness (QED) is 0.805. The number of rotatable bonds is 6. The van der Waals surface area contributed by atoms with Gasteiger partial charge in [0.1, 0.15) is 6.42 Å². The fourth-order valence-electron chi connectivity index (χ4n) is 2.11. The van der Waals surface area contributed by atoms with Crippen LogP contribution in [0.3, 0.4) is 0 Å². The number of benzene rings is 2. The zero-order chi connectivity index (χ0) is 15.8. The average Bonchev–Trinajstić information content (AvgIpc) is 2.50. The molecule has 0 saturated carbocycles. The van der Waals surface area contributed by atoms with Crippen molar-refractivity contribution >= 4 is 17.5 Å². The minimum Gasteiger partial charge on any atom is -0.355 e. The molecular weight excluding hydrogens is 276 g/mol. The van der Waals surface area contributed by atoms with Crippen LogP contribution in [0.15, 0.2) is 54.6 Å². The third-order valence-electron chi connectivity index (χ3n) is 3.32. The Bertz CT molecular complexity index is 639. The predicted molar refractivity (Wildman–Crippen MR) is 87.6 cm³/mol. The number of hydrogen-bond acceptors (Lipinski definition) is 2. The Labute approximate surface area is 130 Å². The molecule has 0 spiro atoms. The summed E-state index contributed by atoms with van der Waals surface area (Å²) in [6.07, 6.45) is 0.592. The van der Waals surface area contributed by atoms with Crippen LogP contribution >= 0.6 is 0 Å². The molecule has 2 aromatic carbocycles. The smallest absolute Gasteiger partial charge is 0.233 e. The largest absolute Gasteiger partial charge is 0.355 e. The highest BCUT2D eigenvalue weighted by Gasteiger charge is 2.10. The summed E-state index contributed by atoms with van der Waals surface area (Å²) in [5.41, 5.74) is 2.87. The first-order valence-corrected chi connectivity index (χ1v) is 7.31. The standard InChI is InChI=1S/C18H20N2O2/c1-14-7-5-6-10-16(14)20-18(22)13-17(21)19-12-11-15-8-3-2-4-9-15/h2-10H,11-13H2,1H3,(H,19,21)(H,20,22). The first-order chi connectivity index (χ1) is 10.6. The van der Waals surface area contributed by atoms with E-state index in [4.69, 9.17) is 0 Å². The second-order valence-corrected chi connectivity index (χ2v) is 5.13. The molecule has 22 heavy (non-hydrogen) atoms. The van der Waals surface area contributed by atoms with Crippen molar-refractivity contribution in [3.05, 3.63) is 65.7 Å². The van der Waals surface area contributed by atoms with E-state index >= 15 is 0 Å². The van der Waals surface area contributed by atoms with Crippen LogP contribution in [0, 0.1) is 6.92 Å². The summed E-state index contributed by atoms with van der Waals surface area (Å²) in [6, 6.07) is 17.4. The molecule has 2 rings (SSSR count). The van der Waals surface area contributed by atoms with Crippen LogP contribution in [0.4, 0.5) is 5.69 Å². The van der Waals surface area contributed by atoms with Gasteiger partial charge in [0.15, 0.2) is 0 Å². The molecule has 0 fully saturated rings. The van der Waals surface area contributed by atoms with Crippen LogP contribution in [0.1, 0.15) is 17.5 Å². The molecular formula is C18H20N2O2. The number of nitrogens with one attached hydrogen (secondary N) is 2. The molecule has 4 nitrogen and oxygen atoms in total. The lowest BCUT2D eigenvalue weighted by atomic mass is 10.1. The van der Waals surface area contributed by atoms with Crippen molar-refractivity contribution in [3.63, 3.8) is 0 Å². The van der Waals surface area contributed by atoms with Crippen LogP contribution < -0.4 is 10.6 Å². The number of carbonyl (C=O) groups excluding carboxylic acids is 2. The van der Waals surface area contributed by atoms with E-state index < -0.39 is 0 Å². The van der Waals surface area contributed by atoms with Gasteiger partial charge in [0.25, 0.3) is 0 Å². The van der Waals surface area contributed by atoms with Gasteiger partial charge in [0.05, 0.1) is 0 Å². The van der Waals surface area contributed by atoms with Gasteiger partial charge in [-0.1, -0.05) is 48.5 Å². The lowest BCUT2D eigenvalue weighted by Gasteiger charge is -2.08. The number of aryl methyl sites for hydroxylation is 1. The molecule has 0 radical (unpaired) electrons. The summed E-state index contributed by atoms with van der Waals surface area (Å²) in [7, 11) is 0. The highest BCUT2D eigenvalue weighted by molar-refractivity contribution is 6.03. The number of amides is 2. The van der Waals surface area contributed by atoms with Gasteiger partial charge < -0.3 is 10.6 Å². The lowest BCUT2D eigenvalue weighted by Crippen LogP contribution is -2.29. The number of para-hydroxylation sites is 1. The van der Waals surface area contributed by atoms with E-state index in [-0.39, 0.29) is 18.2 Å². The minimum atomic E-state index is -0.300. The monoisotopic (exact) mass is 296 g/mol. The summed E-state index contributed by atoms with van der Waals surface area (Å²) in [6.45, 7) is 2.44. The number of anilines is 1. The van der Waals surface area contributed by atoms with Crippen molar-refractivity contribution < 1.29 is 9.59 Å². The summed E-state index contributed by atoms with van der Waals surface area (Å²) in [5, 5.41) is 5.51. The molecule has 4 heteroatoms. The number of hydrogen-bond donors (Lipinski definition) is 2. The molecule has 2 amide bonds. The Morgan fingerprint density at radius 2 is 1.59 bits per heavy atom. The molecule has 0 aliphatic rings. The van der Waals surface area contributed by atoms with Crippen molar-refractivity contribution in [1.82, 2.24) is 5.32 Å². The van der Waals surface area contributed by atoms with E-state index in [9.17, 15) is 9.59 Å². The van der Waals surface area contributed by atoms with Crippen molar-refractivity contribution in [3.8, 4) is 0 Å². The maximum Gasteiger partial charge on any atom is 0.233 e. The van der Waals surface area contributed by atoms with Gasteiger partial charge >= 0.3 is 0 Å². The summed E-state index contributed by atoms with van der Waals surface area (Å²) >= 11 is 0. The van der Waals surface area contributed by atoms with E-state index in [0.717, 1.165) is 23.2 Å². The van der Waals surface area contributed by atoms with Gasteiger partial charge in [-0.25, -0.2) is 0 Å². The molecule has 0 unspecified atom stereocenters. The molecule has 2 aromatic rings. The van der Waals surface area contributed by atoms with Crippen molar-refractivity contribution in [2.45, 2.75) is 19.8 Å². The highest BCUT2D eigenvalue weighted by atomic mass is 16.2. The van der Waals surface area contributed by atoms with Crippen molar-refractivity contribution in [1.29, 1.82) is 0 Å². The molecule has 0 aliphatic carbocycles. The van der Waals surface area contributed by atoms with Crippen molar-refractivity contribution in [2.75, 3.05) is 11.9 Å². The maximum atomic E-state index is 11.8. The fraction of sp³-hybridized carbons (Fsp3) is 0.222. The maximum absolute atomic E-state index is 11.8. The minimum absolute atomic E-state index is 0.164. The van der Waals surface area contributed by atoms with Crippen molar-refractivity contribution in [2.24, 2.45) is 0 Å². The van der Waals surface area contributed by atoms with E-state index in [2.05, 4.69) is 10.6 Å². The second-order valence-electron chi connectivity index (χ2n) is 5.13. The van der Waals surface area contributed by atoms with Gasteiger partial charge in [-0.05, 0) is 30.5 Å². The topological polar surface area (TPSA) is 58.2 Å². The zero-order valence-electron chi connectivity index (χ0n) is 12.6. The third kappa shape index (κ3) is 5.05. The molecule has 0 aromatic heterocycles. The molecule has 0 atom stereocenters. The van der Waals surface area contributed by atoms with Gasteiger partial charge in [-0.3, -0.25) is 9.59 Å². The molecule has 0 aliphatic heterocycles. The highest BCUT2D eigenvalue weighted by Crippen LogP contribution is 2.13. The number of carbonyl (C=O) groups is 2. The third-order valence-corrected chi connectivity index (χ3v) is 3.32. The Kier molecular flexibility index (Phi) is 5.72. The summed E-state index contributed by atoms with van der Waals surface area (Å²) in [5.74, 6) is -0.562. The van der Waals surface area contributed by atoms with Gasteiger partial charge in [-0.2, -0.15) is 0 Å².